The number of aromatic nitrogens is 2. The molecule has 1 aromatic heterocycles. The van der Waals surface area contributed by atoms with E-state index < -0.39 is 0 Å². The SMILES string of the molecule is Cc1ccc([C@H](NC(=O)Cn2cnc3ccccc3c2=O)c2ccccc2)cc1C. The fourth-order valence-electron chi connectivity index (χ4n) is 3.53. The number of nitrogens with one attached hydrogen (secondary N) is 1. The lowest BCUT2D eigenvalue weighted by molar-refractivity contribution is -0.122. The van der Waals surface area contributed by atoms with Crippen LogP contribution in [-0.2, 0) is 11.3 Å². The minimum Gasteiger partial charge on any atom is -0.344 e. The second-order valence-corrected chi connectivity index (χ2v) is 7.45. The maximum atomic E-state index is 12.9. The monoisotopic (exact) mass is 397 g/mol. The van der Waals surface area contributed by atoms with Crippen LogP contribution in [0.15, 0.2) is 83.9 Å². The molecule has 1 N–H and O–H groups in total. The second-order valence-electron chi connectivity index (χ2n) is 7.45. The normalized spacial score (nSPS) is 11.9. The van der Waals surface area contributed by atoms with Gasteiger partial charge >= 0.3 is 0 Å². The van der Waals surface area contributed by atoms with Gasteiger partial charge in [-0.05, 0) is 48.2 Å². The molecular formula is C25H23N3O2. The van der Waals surface area contributed by atoms with E-state index in [1.807, 2.05) is 42.5 Å². The molecule has 4 aromatic rings. The van der Waals surface area contributed by atoms with Crippen molar-refractivity contribution in [1.29, 1.82) is 0 Å². The highest BCUT2D eigenvalue weighted by Gasteiger charge is 2.18. The van der Waals surface area contributed by atoms with Gasteiger partial charge in [-0.2, -0.15) is 0 Å². The van der Waals surface area contributed by atoms with E-state index in [1.54, 1.807) is 18.2 Å². The van der Waals surface area contributed by atoms with Crippen LogP contribution in [-0.4, -0.2) is 15.5 Å². The number of fused-ring (bicyclic) bond motifs is 1. The number of benzene rings is 3. The van der Waals surface area contributed by atoms with Crippen LogP contribution in [0, 0.1) is 13.8 Å². The van der Waals surface area contributed by atoms with E-state index in [2.05, 4.69) is 36.3 Å². The molecule has 5 nitrogen and oxygen atoms in total. The van der Waals surface area contributed by atoms with Crippen LogP contribution < -0.4 is 10.9 Å². The number of carbonyl (C=O) groups is 1. The van der Waals surface area contributed by atoms with Crippen molar-refractivity contribution in [2.45, 2.75) is 26.4 Å². The van der Waals surface area contributed by atoms with Gasteiger partial charge in [-0.15, -0.1) is 0 Å². The maximum absolute atomic E-state index is 12.9. The zero-order chi connectivity index (χ0) is 21.1. The van der Waals surface area contributed by atoms with Crippen molar-refractivity contribution in [2.75, 3.05) is 0 Å². The van der Waals surface area contributed by atoms with Gasteiger partial charge in [0.05, 0.1) is 23.3 Å². The lowest BCUT2D eigenvalue weighted by Crippen LogP contribution is -2.35. The molecule has 0 saturated heterocycles. The zero-order valence-electron chi connectivity index (χ0n) is 17.0. The van der Waals surface area contributed by atoms with Crippen molar-refractivity contribution in [3.63, 3.8) is 0 Å². The summed E-state index contributed by atoms with van der Waals surface area (Å²) in [7, 11) is 0. The Morgan fingerprint density at radius 3 is 2.43 bits per heavy atom. The molecular weight excluding hydrogens is 374 g/mol. The Morgan fingerprint density at radius 2 is 1.67 bits per heavy atom. The Bertz CT molecular complexity index is 1260. The maximum Gasteiger partial charge on any atom is 0.261 e. The summed E-state index contributed by atoms with van der Waals surface area (Å²) >= 11 is 0. The molecule has 0 fully saturated rings. The predicted octanol–water partition coefficient (Wildman–Crippen LogP) is 3.92. The van der Waals surface area contributed by atoms with Crippen LogP contribution in [0.25, 0.3) is 10.9 Å². The zero-order valence-corrected chi connectivity index (χ0v) is 17.0. The quantitative estimate of drug-likeness (QED) is 0.555. The average molecular weight is 397 g/mol. The van der Waals surface area contributed by atoms with Crippen LogP contribution >= 0.6 is 0 Å². The minimum atomic E-state index is -0.304. The first-order valence-electron chi connectivity index (χ1n) is 9.88. The summed E-state index contributed by atoms with van der Waals surface area (Å²) in [5.74, 6) is -0.249. The number of nitrogens with zero attached hydrogens (tertiary/aromatic N) is 2. The van der Waals surface area contributed by atoms with Crippen molar-refractivity contribution in [2.24, 2.45) is 0 Å². The summed E-state index contributed by atoms with van der Waals surface area (Å²) in [4.78, 5) is 29.9. The van der Waals surface area contributed by atoms with E-state index in [9.17, 15) is 9.59 Å². The first-order valence-corrected chi connectivity index (χ1v) is 9.88. The van der Waals surface area contributed by atoms with E-state index in [0.29, 0.717) is 10.9 Å². The van der Waals surface area contributed by atoms with Crippen molar-refractivity contribution in [3.8, 4) is 0 Å². The number of para-hydroxylation sites is 1. The summed E-state index contributed by atoms with van der Waals surface area (Å²) in [5.41, 5.74) is 4.75. The lowest BCUT2D eigenvalue weighted by atomic mass is 9.95. The Labute approximate surface area is 175 Å². The topological polar surface area (TPSA) is 64.0 Å². The van der Waals surface area contributed by atoms with E-state index in [1.165, 1.54) is 16.5 Å². The molecule has 1 amide bonds. The summed E-state index contributed by atoms with van der Waals surface area (Å²) in [5, 5.41) is 3.60. The fourth-order valence-corrected chi connectivity index (χ4v) is 3.53. The Hall–Kier alpha value is -3.73. The Kier molecular flexibility index (Phi) is 5.44. The molecule has 0 saturated carbocycles. The largest absolute Gasteiger partial charge is 0.344 e. The molecule has 3 aromatic carbocycles. The van der Waals surface area contributed by atoms with E-state index in [-0.39, 0.29) is 24.1 Å². The van der Waals surface area contributed by atoms with Gasteiger partial charge in [0.25, 0.3) is 5.56 Å². The van der Waals surface area contributed by atoms with Crippen LogP contribution in [0.3, 0.4) is 0 Å². The molecule has 0 radical (unpaired) electrons. The highest BCUT2D eigenvalue weighted by atomic mass is 16.2. The Balaban J connectivity index is 1.63. The van der Waals surface area contributed by atoms with Crippen LogP contribution in [0.1, 0.15) is 28.3 Å². The van der Waals surface area contributed by atoms with Gasteiger partial charge in [0.2, 0.25) is 5.91 Å². The van der Waals surface area contributed by atoms with Crippen LogP contribution in [0.4, 0.5) is 0 Å². The third kappa shape index (κ3) is 4.01. The molecule has 0 aliphatic carbocycles. The van der Waals surface area contributed by atoms with Gasteiger partial charge in [0, 0.05) is 0 Å². The lowest BCUT2D eigenvalue weighted by Gasteiger charge is -2.21. The standard InChI is InChI=1S/C25H23N3O2/c1-17-12-13-20(14-18(17)2)24(19-8-4-3-5-9-19)27-23(29)15-28-16-26-22-11-7-6-10-21(22)25(28)30/h3-14,16,24H,15H2,1-2H3,(H,27,29)/t24-/m1/s1. The molecule has 0 bridgehead atoms. The van der Waals surface area contributed by atoms with Crippen molar-refractivity contribution < 1.29 is 4.79 Å². The van der Waals surface area contributed by atoms with E-state index in [0.717, 1.165) is 16.7 Å². The minimum absolute atomic E-state index is 0.0924. The number of aryl methyl sites for hydroxylation is 2. The molecule has 0 aliphatic heterocycles. The first kappa shape index (κ1) is 19.6. The van der Waals surface area contributed by atoms with Gasteiger partial charge in [-0.3, -0.25) is 14.2 Å². The summed E-state index contributed by atoms with van der Waals surface area (Å²) in [6, 6.07) is 22.8. The molecule has 0 unspecified atom stereocenters. The number of carbonyl (C=O) groups excluding carboxylic acids is 1. The predicted molar refractivity (Wildman–Crippen MR) is 118 cm³/mol. The molecule has 0 aliphatic rings. The van der Waals surface area contributed by atoms with Gasteiger partial charge in [0.15, 0.2) is 0 Å². The second kappa shape index (κ2) is 8.33. The first-order chi connectivity index (χ1) is 14.5. The molecule has 30 heavy (non-hydrogen) atoms. The number of amides is 1. The number of hydrogen-bond donors (Lipinski definition) is 1. The van der Waals surface area contributed by atoms with Crippen LogP contribution in [0.2, 0.25) is 0 Å². The third-order valence-corrected chi connectivity index (χ3v) is 5.35. The molecule has 0 spiro atoms. The van der Waals surface area contributed by atoms with Gasteiger partial charge in [-0.25, -0.2) is 4.98 Å². The van der Waals surface area contributed by atoms with Gasteiger partial charge < -0.3 is 5.32 Å². The third-order valence-electron chi connectivity index (χ3n) is 5.35. The summed E-state index contributed by atoms with van der Waals surface area (Å²) < 4.78 is 1.35. The highest BCUT2D eigenvalue weighted by Crippen LogP contribution is 2.24. The van der Waals surface area contributed by atoms with Crippen molar-refractivity contribution in [1.82, 2.24) is 14.9 Å². The fraction of sp³-hybridized carbons (Fsp3) is 0.160. The smallest absolute Gasteiger partial charge is 0.261 e. The molecule has 1 atom stereocenters. The summed E-state index contributed by atoms with van der Waals surface area (Å²) in [6.45, 7) is 4.03. The van der Waals surface area contributed by atoms with Crippen molar-refractivity contribution in [3.05, 3.63) is 112 Å². The average Bonchev–Trinajstić information content (AvgIpc) is 2.77. The van der Waals surface area contributed by atoms with Crippen molar-refractivity contribution >= 4 is 16.8 Å². The number of rotatable bonds is 5. The van der Waals surface area contributed by atoms with Crippen LogP contribution in [0.5, 0.6) is 0 Å². The van der Waals surface area contributed by atoms with Gasteiger partial charge in [0.1, 0.15) is 6.54 Å². The molecule has 1 heterocycles. The molecule has 5 heteroatoms. The number of hydrogen-bond acceptors (Lipinski definition) is 3. The highest BCUT2D eigenvalue weighted by molar-refractivity contribution is 5.79. The molecule has 4 rings (SSSR count). The summed E-state index contributed by atoms with van der Waals surface area (Å²) in [6.07, 6.45) is 1.43. The van der Waals surface area contributed by atoms with Gasteiger partial charge in [-0.1, -0.05) is 60.7 Å². The molecule has 150 valence electrons. The van der Waals surface area contributed by atoms with E-state index >= 15 is 0 Å². The Morgan fingerprint density at radius 1 is 0.933 bits per heavy atom. The van der Waals surface area contributed by atoms with E-state index in [4.69, 9.17) is 0 Å².